The van der Waals surface area contributed by atoms with Crippen LogP contribution in [0.1, 0.15) is 13.8 Å². The maximum absolute atomic E-state index is 11.7. The Morgan fingerprint density at radius 3 is 2.16 bits per heavy atom. The highest BCUT2D eigenvalue weighted by Gasteiger charge is 2.16. The van der Waals surface area contributed by atoms with Gasteiger partial charge in [0.1, 0.15) is 17.2 Å². The highest BCUT2D eigenvalue weighted by Crippen LogP contribution is 2.35. The number of hydrogen-bond acceptors (Lipinski definition) is 10. The Labute approximate surface area is 180 Å². The van der Waals surface area contributed by atoms with Crippen molar-refractivity contribution in [3.05, 3.63) is 42.5 Å². The average Bonchev–Trinajstić information content (AvgIpc) is 2.66. The quantitative estimate of drug-likeness (QED) is 0.309. The van der Waals surface area contributed by atoms with Gasteiger partial charge in [-0.2, -0.15) is 18.6 Å². The number of ether oxygens (including phenoxy) is 2. The third kappa shape index (κ3) is 7.64. The van der Waals surface area contributed by atoms with E-state index in [-0.39, 0.29) is 28.7 Å². The molecule has 168 valence electrons. The molecule has 1 unspecified atom stereocenters. The first-order valence-corrected chi connectivity index (χ1v) is 12.7. The lowest BCUT2D eigenvalue weighted by Crippen LogP contribution is -2.17. The van der Waals surface area contributed by atoms with Gasteiger partial charge < -0.3 is 13.7 Å². The summed E-state index contributed by atoms with van der Waals surface area (Å²) in [5, 5.41) is 7.72. The molecule has 0 saturated heterocycles. The SMILES string of the molecule is CCOC(=O)C(C)N=Nc1ccc(Oc2ccc(S(C)(=O)=O)cc2)cc1OS(C)(=O)=O. The van der Waals surface area contributed by atoms with Gasteiger partial charge in [-0.3, -0.25) is 0 Å². The lowest BCUT2D eigenvalue weighted by Gasteiger charge is -2.11. The number of sulfone groups is 1. The molecule has 1 atom stereocenters. The molecular formula is C19H22N2O8S2. The van der Waals surface area contributed by atoms with Crippen molar-refractivity contribution in [2.75, 3.05) is 19.1 Å². The van der Waals surface area contributed by atoms with Crippen molar-refractivity contribution >= 4 is 31.6 Å². The Balaban J connectivity index is 2.30. The van der Waals surface area contributed by atoms with Crippen LogP contribution >= 0.6 is 0 Å². The minimum absolute atomic E-state index is 0.0568. The van der Waals surface area contributed by atoms with Gasteiger partial charge in [-0.1, -0.05) is 0 Å². The van der Waals surface area contributed by atoms with Crippen LogP contribution in [0.5, 0.6) is 17.2 Å². The summed E-state index contributed by atoms with van der Waals surface area (Å²) < 4.78 is 61.8. The van der Waals surface area contributed by atoms with Crippen molar-refractivity contribution in [3.8, 4) is 17.2 Å². The van der Waals surface area contributed by atoms with E-state index in [9.17, 15) is 21.6 Å². The molecule has 0 saturated carbocycles. The van der Waals surface area contributed by atoms with E-state index in [1.165, 1.54) is 49.4 Å². The van der Waals surface area contributed by atoms with E-state index in [4.69, 9.17) is 13.7 Å². The van der Waals surface area contributed by atoms with Gasteiger partial charge >= 0.3 is 16.1 Å². The Bertz CT molecular complexity index is 1170. The molecule has 0 fully saturated rings. The number of azo groups is 1. The smallest absolute Gasteiger partial charge is 0.332 e. The lowest BCUT2D eigenvalue weighted by atomic mass is 10.3. The molecule has 0 heterocycles. The van der Waals surface area contributed by atoms with Crippen LogP contribution in [0.4, 0.5) is 5.69 Å². The molecule has 31 heavy (non-hydrogen) atoms. The molecule has 0 aromatic heterocycles. The van der Waals surface area contributed by atoms with Crippen LogP contribution < -0.4 is 8.92 Å². The van der Waals surface area contributed by atoms with E-state index in [1.807, 2.05) is 0 Å². The molecule has 0 aliphatic heterocycles. The number of esters is 1. The first kappa shape index (κ1) is 24.3. The van der Waals surface area contributed by atoms with Crippen molar-refractivity contribution in [3.63, 3.8) is 0 Å². The molecule has 10 nitrogen and oxygen atoms in total. The molecule has 0 aliphatic rings. The van der Waals surface area contributed by atoms with Gasteiger partial charge in [0.15, 0.2) is 21.6 Å². The van der Waals surface area contributed by atoms with Crippen molar-refractivity contribution < 1.29 is 35.3 Å². The average molecular weight is 471 g/mol. The fraction of sp³-hybridized carbons (Fsp3) is 0.316. The molecule has 12 heteroatoms. The van der Waals surface area contributed by atoms with Gasteiger partial charge in [0, 0.05) is 12.3 Å². The van der Waals surface area contributed by atoms with Crippen molar-refractivity contribution in [1.82, 2.24) is 0 Å². The number of benzene rings is 2. The zero-order valence-corrected chi connectivity index (χ0v) is 18.9. The fourth-order valence-corrected chi connectivity index (χ4v) is 3.31. The van der Waals surface area contributed by atoms with Gasteiger partial charge in [-0.25, -0.2) is 13.2 Å². The van der Waals surface area contributed by atoms with Crippen molar-refractivity contribution in [2.24, 2.45) is 10.2 Å². The summed E-state index contributed by atoms with van der Waals surface area (Å²) in [5.41, 5.74) is 0.0568. The standard InChI is InChI=1S/C19H22N2O8S2/c1-5-27-19(22)13(2)20-21-17-11-8-15(12-18(17)29-31(4,25)26)28-14-6-9-16(10-7-14)30(3,23)24/h6-13H,5H2,1-4H3. The first-order chi connectivity index (χ1) is 14.4. The predicted octanol–water partition coefficient (Wildman–Crippen LogP) is 3.26. The molecule has 2 aromatic rings. The summed E-state index contributed by atoms with van der Waals surface area (Å²) in [6, 6.07) is 8.98. The number of nitrogens with zero attached hydrogens (tertiary/aromatic N) is 2. The van der Waals surface area contributed by atoms with Crippen LogP contribution in [0.2, 0.25) is 0 Å². The van der Waals surface area contributed by atoms with Crippen molar-refractivity contribution in [1.29, 1.82) is 0 Å². The summed E-state index contributed by atoms with van der Waals surface area (Å²) in [6.07, 6.45) is 1.96. The van der Waals surface area contributed by atoms with Gasteiger partial charge in [-0.15, -0.1) is 0 Å². The van der Waals surface area contributed by atoms with Gasteiger partial charge in [-0.05, 0) is 50.2 Å². The molecule has 0 aliphatic carbocycles. The Hall–Kier alpha value is -2.99. The summed E-state index contributed by atoms with van der Waals surface area (Å²) in [6.45, 7) is 3.34. The molecule has 2 aromatic carbocycles. The molecule has 0 amide bonds. The topological polar surface area (TPSA) is 138 Å². The minimum atomic E-state index is -3.89. The first-order valence-electron chi connectivity index (χ1n) is 8.98. The van der Waals surface area contributed by atoms with Crippen LogP contribution in [0.3, 0.4) is 0 Å². The van der Waals surface area contributed by atoms with E-state index in [2.05, 4.69) is 10.2 Å². The Morgan fingerprint density at radius 2 is 1.61 bits per heavy atom. The van der Waals surface area contributed by atoms with Crippen LogP contribution in [0.15, 0.2) is 57.6 Å². The Morgan fingerprint density at radius 1 is 1.00 bits per heavy atom. The molecule has 0 bridgehead atoms. The van der Waals surface area contributed by atoms with E-state index in [0.717, 1.165) is 12.5 Å². The molecular weight excluding hydrogens is 448 g/mol. The number of carbonyl (C=O) groups excluding carboxylic acids is 1. The summed E-state index contributed by atoms with van der Waals surface area (Å²) in [4.78, 5) is 11.8. The van der Waals surface area contributed by atoms with E-state index in [1.54, 1.807) is 6.92 Å². The van der Waals surface area contributed by atoms with E-state index >= 15 is 0 Å². The second kappa shape index (κ2) is 9.88. The van der Waals surface area contributed by atoms with E-state index < -0.39 is 32.0 Å². The maximum atomic E-state index is 11.7. The highest BCUT2D eigenvalue weighted by molar-refractivity contribution is 7.90. The maximum Gasteiger partial charge on any atom is 0.332 e. The third-order valence-electron chi connectivity index (χ3n) is 3.63. The van der Waals surface area contributed by atoms with E-state index in [0.29, 0.717) is 5.75 Å². The minimum Gasteiger partial charge on any atom is -0.464 e. The van der Waals surface area contributed by atoms with Crippen LogP contribution in [-0.4, -0.2) is 48.0 Å². The number of carbonyl (C=O) groups is 1. The van der Waals surface area contributed by atoms with Gasteiger partial charge in [0.2, 0.25) is 0 Å². The largest absolute Gasteiger partial charge is 0.464 e. The van der Waals surface area contributed by atoms with Gasteiger partial charge in [0.05, 0.1) is 17.8 Å². The number of rotatable bonds is 9. The summed E-state index contributed by atoms with van der Waals surface area (Å²) >= 11 is 0. The molecule has 0 spiro atoms. The van der Waals surface area contributed by atoms with Crippen LogP contribution in [0, 0.1) is 0 Å². The molecule has 0 radical (unpaired) electrons. The third-order valence-corrected chi connectivity index (χ3v) is 5.24. The molecule has 2 rings (SSSR count). The zero-order valence-electron chi connectivity index (χ0n) is 17.3. The predicted molar refractivity (Wildman–Crippen MR) is 112 cm³/mol. The lowest BCUT2D eigenvalue weighted by molar-refractivity contribution is -0.144. The monoisotopic (exact) mass is 470 g/mol. The summed E-state index contributed by atoms with van der Waals surface area (Å²) in [7, 11) is -7.24. The zero-order chi connectivity index (χ0) is 23.2. The van der Waals surface area contributed by atoms with Crippen molar-refractivity contribution in [2.45, 2.75) is 24.8 Å². The second-order valence-electron chi connectivity index (χ2n) is 6.41. The fourth-order valence-electron chi connectivity index (χ4n) is 2.22. The number of hydrogen-bond donors (Lipinski definition) is 0. The van der Waals surface area contributed by atoms with Crippen LogP contribution in [-0.2, 0) is 29.5 Å². The Kier molecular flexibility index (Phi) is 7.74. The normalized spacial score (nSPS) is 13.0. The van der Waals surface area contributed by atoms with Gasteiger partial charge in [0.25, 0.3) is 0 Å². The second-order valence-corrected chi connectivity index (χ2v) is 10.00. The summed E-state index contributed by atoms with van der Waals surface area (Å²) in [5.74, 6) is -0.201. The highest BCUT2D eigenvalue weighted by atomic mass is 32.2. The molecule has 0 N–H and O–H groups in total. The van der Waals surface area contributed by atoms with Crippen LogP contribution in [0.25, 0.3) is 0 Å².